The molecular formula is C10H9ClF3N5. The van der Waals surface area contributed by atoms with Crippen molar-refractivity contribution in [2.45, 2.75) is 12.5 Å². The Morgan fingerprint density at radius 3 is 2.32 bits per heavy atom. The summed E-state index contributed by atoms with van der Waals surface area (Å²) in [7, 11) is 0. The fourth-order valence-corrected chi connectivity index (χ4v) is 1.71. The van der Waals surface area contributed by atoms with E-state index in [1.54, 1.807) is 0 Å². The van der Waals surface area contributed by atoms with Gasteiger partial charge in [-0.05, 0) is 24.3 Å². The molecule has 4 N–H and O–H groups in total. The molecular weight excluding hydrogens is 283 g/mol. The van der Waals surface area contributed by atoms with Gasteiger partial charge in [0.2, 0.25) is 11.8 Å². The van der Waals surface area contributed by atoms with E-state index in [2.05, 4.69) is 9.98 Å². The molecule has 2 rings (SSSR count). The molecule has 1 atom stereocenters. The Labute approximate surface area is 111 Å². The van der Waals surface area contributed by atoms with Gasteiger partial charge in [-0.3, -0.25) is 10.6 Å². The number of halogens is 4. The van der Waals surface area contributed by atoms with Crippen LogP contribution in [0, 0.1) is 0 Å². The van der Waals surface area contributed by atoms with Gasteiger partial charge >= 0.3 is 6.18 Å². The SMILES string of the molecule is NC1=NC(N)N(c2ccc(Cl)cc2)C(C(F)(F)F)=N1. The predicted molar refractivity (Wildman–Crippen MR) is 67.0 cm³/mol. The number of guanidine groups is 1. The molecule has 1 aliphatic rings. The number of hydrogen-bond donors (Lipinski definition) is 2. The zero-order valence-corrected chi connectivity index (χ0v) is 10.2. The molecule has 0 aliphatic carbocycles. The van der Waals surface area contributed by atoms with Crippen LogP contribution in [0.3, 0.4) is 0 Å². The first-order chi connectivity index (χ1) is 8.79. The lowest BCUT2D eigenvalue weighted by atomic mass is 10.2. The number of anilines is 1. The van der Waals surface area contributed by atoms with E-state index in [0.29, 0.717) is 5.02 Å². The lowest BCUT2D eigenvalue weighted by Crippen LogP contribution is -2.54. The van der Waals surface area contributed by atoms with Crippen LogP contribution in [-0.2, 0) is 0 Å². The summed E-state index contributed by atoms with van der Waals surface area (Å²) in [6, 6.07) is 5.67. The van der Waals surface area contributed by atoms with Crippen LogP contribution in [0.15, 0.2) is 34.3 Å². The largest absolute Gasteiger partial charge is 0.449 e. The van der Waals surface area contributed by atoms with E-state index >= 15 is 0 Å². The number of rotatable bonds is 1. The van der Waals surface area contributed by atoms with Gasteiger partial charge in [-0.25, -0.2) is 4.99 Å². The monoisotopic (exact) mass is 291 g/mol. The van der Waals surface area contributed by atoms with Crippen molar-refractivity contribution in [2.24, 2.45) is 21.5 Å². The van der Waals surface area contributed by atoms with Crippen molar-refractivity contribution < 1.29 is 13.2 Å². The highest BCUT2D eigenvalue weighted by Gasteiger charge is 2.44. The van der Waals surface area contributed by atoms with Crippen molar-refractivity contribution in [3.63, 3.8) is 0 Å². The predicted octanol–water partition coefficient (Wildman–Crippen LogP) is 1.68. The van der Waals surface area contributed by atoms with E-state index in [1.807, 2.05) is 0 Å². The zero-order chi connectivity index (χ0) is 14.2. The first kappa shape index (κ1) is 13.6. The maximum Gasteiger partial charge on any atom is 0.449 e. The van der Waals surface area contributed by atoms with Crippen LogP contribution in [0.4, 0.5) is 18.9 Å². The Kier molecular flexibility index (Phi) is 3.38. The van der Waals surface area contributed by atoms with Gasteiger partial charge in [-0.1, -0.05) is 11.6 Å². The highest BCUT2D eigenvalue weighted by molar-refractivity contribution is 6.30. The summed E-state index contributed by atoms with van der Waals surface area (Å²) in [5.74, 6) is -1.72. The molecule has 0 saturated carbocycles. The van der Waals surface area contributed by atoms with Crippen LogP contribution in [0.2, 0.25) is 5.02 Å². The fraction of sp³-hybridized carbons (Fsp3) is 0.200. The van der Waals surface area contributed by atoms with Gasteiger partial charge in [-0.15, -0.1) is 0 Å². The first-order valence-electron chi connectivity index (χ1n) is 5.08. The number of nitrogens with zero attached hydrogens (tertiary/aromatic N) is 3. The second-order valence-corrected chi connectivity index (χ2v) is 4.12. The van der Waals surface area contributed by atoms with E-state index < -0.39 is 24.3 Å². The van der Waals surface area contributed by atoms with Crippen LogP contribution in [-0.4, -0.2) is 24.3 Å². The minimum Gasteiger partial charge on any atom is -0.368 e. The van der Waals surface area contributed by atoms with Crippen molar-refractivity contribution in [3.8, 4) is 0 Å². The molecule has 0 bridgehead atoms. The van der Waals surface area contributed by atoms with Crippen LogP contribution in [0.5, 0.6) is 0 Å². The topological polar surface area (TPSA) is 80.0 Å². The summed E-state index contributed by atoms with van der Waals surface area (Å²) in [5.41, 5.74) is 11.0. The Hall–Kier alpha value is -1.80. The maximum atomic E-state index is 12.9. The van der Waals surface area contributed by atoms with Crippen LogP contribution < -0.4 is 16.4 Å². The first-order valence-corrected chi connectivity index (χ1v) is 5.46. The molecule has 0 amide bonds. The Morgan fingerprint density at radius 1 is 1.21 bits per heavy atom. The van der Waals surface area contributed by atoms with Crippen LogP contribution in [0.25, 0.3) is 0 Å². The third kappa shape index (κ3) is 2.79. The summed E-state index contributed by atoms with van der Waals surface area (Å²) in [5, 5.41) is 0.392. The summed E-state index contributed by atoms with van der Waals surface area (Å²) < 4.78 is 38.8. The second-order valence-electron chi connectivity index (χ2n) is 3.68. The van der Waals surface area contributed by atoms with Gasteiger partial charge in [0.25, 0.3) is 0 Å². The molecule has 0 radical (unpaired) electrons. The standard InChI is InChI=1S/C10H9ClF3N5/c11-5-1-3-6(4-2-5)19-7(10(12,13)14)17-8(15)18-9(19)16/h1-4,9H,16H2,(H2,15,18). The number of aliphatic imine (C=N–C) groups is 2. The van der Waals surface area contributed by atoms with Gasteiger partial charge < -0.3 is 5.73 Å². The lowest BCUT2D eigenvalue weighted by molar-refractivity contribution is -0.0606. The fourth-order valence-electron chi connectivity index (χ4n) is 1.59. The summed E-state index contributed by atoms with van der Waals surface area (Å²) in [6.07, 6.45) is -5.99. The maximum absolute atomic E-state index is 12.9. The van der Waals surface area contributed by atoms with Gasteiger partial charge in [0.05, 0.1) is 0 Å². The number of alkyl halides is 3. The average molecular weight is 292 g/mol. The number of amidine groups is 1. The van der Waals surface area contributed by atoms with Crippen molar-refractivity contribution in [1.29, 1.82) is 0 Å². The normalized spacial score (nSPS) is 20.1. The molecule has 0 fully saturated rings. The van der Waals surface area contributed by atoms with Crippen LogP contribution >= 0.6 is 11.6 Å². The smallest absolute Gasteiger partial charge is 0.368 e. The number of benzene rings is 1. The molecule has 5 nitrogen and oxygen atoms in total. The van der Waals surface area contributed by atoms with E-state index in [1.165, 1.54) is 24.3 Å². The van der Waals surface area contributed by atoms with Crippen molar-refractivity contribution in [2.75, 3.05) is 4.90 Å². The zero-order valence-electron chi connectivity index (χ0n) is 9.39. The Bertz CT molecular complexity index is 537. The van der Waals surface area contributed by atoms with Gasteiger partial charge in [0.15, 0.2) is 6.29 Å². The number of hydrogen-bond acceptors (Lipinski definition) is 5. The molecule has 1 unspecified atom stereocenters. The minimum absolute atomic E-state index is 0.171. The minimum atomic E-state index is -4.70. The molecule has 9 heteroatoms. The van der Waals surface area contributed by atoms with Gasteiger partial charge in [0.1, 0.15) is 0 Å². The van der Waals surface area contributed by atoms with E-state index in [4.69, 9.17) is 23.1 Å². The quantitative estimate of drug-likeness (QED) is 0.826. The number of nitrogens with two attached hydrogens (primary N) is 2. The molecule has 1 heterocycles. The molecule has 19 heavy (non-hydrogen) atoms. The van der Waals surface area contributed by atoms with Crippen molar-refractivity contribution in [3.05, 3.63) is 29.3 Å². The molecule has 0 aromatic heterocycles. The van der Waals surface area contributed by atoms with E-state index in [0.717, 1.165) is 4.90 Å². The van der Waals surface area contributed by atoms with Crippen LogP contribution in [0.1, 0.15) is 0 Å². The summed E-state index contributed by atoms with van der Waals surface area (Å²) in [6.45, 7) is 0. The summed E-state index contributed by atoms with van der Waals surface area (Å²) in [4.78, 5) is 7.56. The van der Waals surface area contributed by atoms with E-state index in [9.17, 15) is 13.2 Å². The molecule has 0 saturated heterocycles. The Balaban J connectivity index is 2.48. The highest BCUT2D eigenvalue weighted by atomic mass is 35.5. The average Bonchev–Trinajstić information content (AvgIpc) is 2.28. The third-order valence-electron chi connectivity index (χ3n) is 2.34. The van der Waals surface area contributed by atoms with Gasteiger partial charge in [0, 0.05) is 10.7 Å². The molecule has 102 valence electrons. The third-order valence-corrected chi connectivity index (χ3v) is 2.59. The summed E-state index contributed by atoms with van der Waals surface area (Å²) >= 11 is 5.69. The molecule has 1 aromatic carbocycles. The van der Waals surface area contributed by atoms with Crippen molar-refractivity contribution in [1.82, 2.24) is 0 Å². The molecule has 1 aromatic rings. The van der Waals surface area contributed by atoms with Gasteiger partial charge in [-0.2, -0.15) is 18.2 Å². The Morgan fingerprint density at radius 2 is 1.79 bits per heavy atom. The second kappa shape index (κ2) is 4.71. The lowest BCUT2D eigenvalue weighted by Gasteiger charge is -2.32. The highest BCUT2D eigenvalue weighted by Crippen LogP contribution is 2.28. The van der Waals surface area contributed by atoms with E-state index in [-0.39, 0.29) is 5.69 Å². The van der Waals surface area contributed by atoms with Crippen molar-refractivity contribution >= 4 is 29.1 Å². The molecule has 0 spiro atoms. The molecule has 1 aliphatic heterocycles.